The van der Waals surface area contributed by atoms with Gasteiger partial charge in [-0.15, -0.1) is 0 Å². The van der Waals surface area contributed by atoms with Crippen LogP contribution in [0.1, 0.15) is 48.2 Å². The van der Waals surface area contributed by atoms with Crippen LogP contribution in [0, 0.1) is 0 Å². The highest BCUT2D eigenvalue weighted by Gasteiger charge is 2.31. The molecule has 2 N–H and O–H groups in total. The fraction of sp³-hybridized carbons (Fsp3) is 0.304. The van der Waals surface area contributed by atoms with E-state index in [0.29, 0.717) is 0 Å². The SMILES string of the molecule is COC(C)c1cccc(NC(=O)NC2c3ccccc3CCC2n2ccnc2)c1. The normalized spacial score (nSPS) is 19.2. The van der Waals surface area contributed by atoms with E-state index in [9.17, 15) is 4.79 Å². The molecular weight excluding hydrogens is 364 g/mol. The molecule has 1 aromatic heterocycles. The lowest BCUT2D eigenvalue weighted by atomic mass is 9.84. The van der Waals surface area contributed by atoms with Gasteiger partial charge in [0, 0.05) is 25.2 Å². The van der Waals surface area contributed by atoms with Crippen molar-refractivity contribution < 1.29 is 9.53 Å². The summed E-state index contributed by atoms with van der Waals surface area (Å²) in [4.78, 5) is 17.1. The lowest BCUT2D eigenvalue weighted by molar-refractivity contribution is 0.119. The zero-order valence-electron chi connectivity index (χ0n) is 16.7. The summed E-state index contributed by atoms with van der Waals surface area (Å²) in [7, 11) is 1.67. The van der Waals surface area contributed by atoms with E-state index in [4.69, 9.17) is 4.74 Å². The Labute approximate surface area is 170 Å². The van der Waals surface area contributed by atoms with Crippen molar-refractivity contribution in [2.75, 3.05) is 12.4 Å². The number of nitrogens with one attached hydrogen (secondary N) is 2. The van der Waals surface area contributed by atoms with Crippen LogP contribution < -0.4 is 10.6 Å². The summed E-state index contributed by atoms with van der Waals surface area (Å²) >= 11 is 0. The Morgan fingerprint density at radius 1 is 1.24 bits per heavy atom. The van der Waals surface area contributed by atoms with Crippen molar-refractivity contribution in [1.82, 2.24) is 14.9 Å². The minimum absolute atomic E-state index is 0.0318. The maximum atomic E-state index is 12.9. The first kappa shape index (κ1) is 19.2. The number of anilines is 1. The zero-order chi connectivity index (χ0) is 20.2. The summed E-state index contributed by atoms with van der Waals surface area (Å²) in [5.74, 6) is 0. The van der Waals surface area contributed by atoms with Gasteiger partial charge in [-0.1, -0.05) is 36.4 Å². The Kier molecular flexibility index (Phi) is 5.62. The Hall–Kier alpha value is -3.12. The van der Waals surface area contributed by atoms with E-state index in [1.807, 2.05) is 49.8 Å². The number of fused-ring (bicyclic) bond motifs is 1. The number of ether oxygens (including phenoxy) is 1. The number of amides is 2. The van der Waals surface area contributed by atoms with Crippen LogP contribution in [0.4, 0.5) is 10.5 Å². The fourth-order valence-corrected chi connectivity index (χ4v) is 4.02. The number of rotatable bonds is 5. The quantitative estimate of drug-likeness (QED) is 0.667. The highest BCUT2D eigenvalue weighted by atomic mass is 16.5. The molecule has 1 heterocycles. The number of nitrogens with zero attached hydrogens (tertiary/aromatic N) is 2. The van der Waals surface area contributed by atoms with Crippen LogP contribution in [0.3, 0.4) is 0 Å². The molecule has 0 saturated carbocycles. The van der Waals surface area contributed by atoms with Gasteiger partial charge in [0.1, 0.15) is 0 Å². The molecule has 0 aliphatic heterocycles. The molecule has 3 aromatic rings. The molecule has 2 aromatic carbocycles. The predicted octanol–water partition coefficient (Wildman–Crippen LogP) is 4.64. The monoisotopic (exact) mass is 390 g/mol. The minimum Gasteiger partial charge on any atom is -0.377 e. The Bertz CT molecular complexity index is 971. The molecule has 150 valence electrons. The number of imidazole rings is 1. The molecule has 2 amide bonds. The van der Waals surface area contributed by atoms with E-state index >= 15 is 0 Å². The van der Waals surface area contributed by atoms with Crippen molar-refractivity contribution in [3.8, 4) is 0 Å². The van der Waals surface area contributed by atoms with Gasteiger partial charge in [0.2, 0.25) is 0 Å². The topological polar surface area (TPSA) is 68.2 Å². The molecule has 0 saturated heterocycles. The van der Waals surface area contributed by atoms with Gasteiger partial charge in [-0.25, -0.2) is 9.78 Å². The summed E-state index contributed by atoms with van der Waals surface area (Å²) in [6, 6.07) is 15.8. The number of aromatic nitrogens is 2. The van der Waals surface area contributed by atoms with Crippen LogP contribution in [0.25, 0.3) is 0 Å². The number of carbonyl (C=O) groups excluding carboxylic acids is 1. The lowest BCUT2D eigenvalue weighted by Gasteiger charge is -2.35. The van der Waals surface area contributed by atoms with Crippen LogP contribution in [0.5, 0.6) is 0 Å². The van der Waals surface area contributed by atoms with Gasteiger partial charge in [-0.2, -0.15) is 0 Å². The molecule has 0 bridgehead atoms. The molecule has 29 heavy (non-hydrogen) atoms. The average Bonchev–Trinajstić information content (AvgIpc) is 3.28. The van der Waals surface area contributed by atoms with E-state index in [1.54, 1.807) is 13.3 Å². The second-order valence-electron chi connectivity index (χ2n) is 7.39. The van der Waals surface area contributed by atoms with Crippen LogP contribution in [-0.2, 0) is 11.2 Å². The van der Waals surface area contributed by atoms with Crippen LogP contribution >= 0.6 is 0 Å². The number of benzene rings is 2. The second kappa shape index (κ2) is 8.49. The summed E-state index contributed by atoms with van der Waals surface area (Å²) in [5.41, 5.74) is 4.20. The number of hydrogen-bond donors (Lipinski definition) is 2. The van der Waals surface area contributed by atoms with Crippen molar-refractivity contribution in [3.63, 3.8) is 0 Å². The van der Waals surface area contributed by atoms with E-state index in [2.05, 4.69) is 38.4 Å². The van der Waals surface area contributed by atoms with E-state index < -0.39 is 0 Å². The van der Waals surface area contributed by atoms with Gasteiger partial charge >= 0.3 is 6.03 Å². The number of aryl methyl sites for hydroxylation is 1. The van der Waals surface area contributed by atoms with Crippen molar-refractivity contribution in [2.24, 2.45) is 0 Å². The van der Waals surface area contributed by atoms with Crippen molar-refractivity contribution in [2.45, 2.75) is 38.0 Å². The van der Waals surface area contributed by atoms with Gasteiger partial charge < -0.3 is 19.9 Å². The molecular formula is C23H26N4O2. The van der Waals surface area contributed by atoms with E-state index in [1.165, 1.54) is 5.56 Å². The molecule has 3 unspecified atom stereocenters. The average molecular weight is 390 g/mol. The van der Waals surface area contributed by atoms with Crippen LogP contribution in [-0.4, -0.2) is 22.7 Å². The number of carbonyl (C=O) groups is 1. The van der Waals surface area contributed by atoms with Gasteiger partial charge in [0.15, 0.2) is 0 Å². The maximum absolute atomic E-state index is 12.9. The third-order valence-corrected chi connectivity index (χ3v) is 5.65. The van der Waals surface area contributed by atoms with Crippen molar-refractivity contribution >= 4 is 11.7 Å². The Morgan fingerprint density at radius 2 is 2.10 bits per heavy atom. The van der Waals surface area contributed by atoms with Crippen LogP contribution in [0.2, 0.25) is 0 Å². The summed E-state index contributed by atoms with van der Waals surface area (Å²) in [5, 5.41) is 6.17. The smallest absolute Gasteiger partial charge is 0.319 e. The fourth-order valence-electron chi connectivity index (χ4n) is 4.02. The van der Waals surface area contributed by atoms with Crippen LogP contribution in [0.15, 0.2) is 67.3 Å². The molecule has 0 fully saturated rings. The summed E-state index contributed by atoms with van der Waals surface area (Å²) in [6.07, 6.45) is 7.45. The first-order chi connectivity index (χ1) is 14.2. The number of methoxy groups -OCH3 is 1. The predicted molar refractivity (Wildman–Crippen MR) is 113 cm³/mol. The van der Waals surface area contributed by atoms with E-state index in [-0.39, 0.29) is 24.2 Å². The van der Waals surface area contributed by atoms with Crippen molar-refractivity contribution in [3.05, 3.63) is 83.9 Å². The second-order valence-corrected chi connectivity index (χ2v) is 7.39. The molecule has 1 aliphatic carbocycles. The number of hydrogen-bond acceptors (Lipinski definition) is 3. The number of urea groups is 1. The zero-order valence-corrected chi connectivity index (χ0v) is 16.7. The molecule has 6 heteroatoms. The molecule has 0 radical (unpaired) electrons. The lowest BCUT2D eigenvalue weighted by Crippen LogP contribution is -2.39. The third-order valence-electron chi connectivity index (χ3n) is 5.65. The Balaban J connectivity index is 1.55. The summed E-state index contributed by atoms with van der Waals surface area (Å²) < 4.78 is 7.46. The highest BCUT2D eigenvalue weighted by molar-refractivity contribution is 5.89. The van der Waals surface area contributed by atoms with Gasteiger partial charge in [0.05, 0.1) is 24.5 Å². The van der Waals surface area contributed by atoms with Gasteiger partial charge in [-0.05, 0) is 48.6 Å². The summed E-state index contributed by atoms with van der Waals surface area (Å²) in [6.45, 7) is 1.98. The molecule has 0 spiro atoms. The molecule has 1 aliphatic rings. The molecule has 4 rings (SSSR count). The first-order valence-corrected chi connectivity index (χ1v) is 9.91. The van der Waals surface area contributed by atoms with Gasteiger partial charge in [-0.3, -0.25) is 0 Å². The largest absolute Gasteiger partial charge is 0.377 e. The molecule has 3 atom stereocenters. The maximum Gasteiger partial charge on any atom is 0.319 e. The van der Waals surface area contributed by atoms with Crippen molar-refractivity contribution in [1.29, 1.82) is 0 Å². The highest BCUT2D eigenvalue weighted by Crippen LogP contribution is 2.37. The first-order valence-electron chi connectivity index (χ1n) is 9.91. The Morgan fingerprint density at radius 3 is 2.90 bits per heavy atom. The van der Waals surface area contributed by atoms with E-state index in [0.717, 1.165) is 29.7 Å². The molecule has 6 nitrogen and oxygen atoms in total. The van der Waals surface area contributed by atoms with Gasteiger partial charge in [0.25, 0.3) is 0 Å². The standard InChI is InChI=1S/C23H26N4O2/c1-16(29-2)18-7-5-8-19(14-18)25-23(28)26-22-20-9-4-3-6-17(20)10-11-21(22)27-13-12-24-15-27/h3-9,12-16,21-22H,10-11H2,1-2H3,(H2,25,26,28). The minimum atomic E-state index is -0.223. The third kappa shape index (κ3) is 4.17.